The zero-order chi connectivity index (χ0) is 50.7. The standard InChI is InChI=1S/C54H67N7O13/c62-45(13-11-42-7-3-1-4-8-42)57-23-15-51(16-24-57)67-34-49(35-68-51)38-71-53(72-39-49)19-27-59(28-20-53)47(64)32-61-31-44(55-56-61)33-66-48(65)60-29-21-54(22-30-60)73-40-50(41-74-54)36-69-52(70-37-50)17-25-58(26-18-52)46(63)14-12-43-9-5-2-6-10-43/h1-14,31H,15-30,32-41H2/b13-11+,14-12+. The highest BCUT2D eigenvalue weighted by Crippen LogP contribution is 2.44. The Morgan fingerprint density at radius 2 is 0.838 bits per heavy atom. The molecule has 4 amide bonds. The second kappa shape index (κ2) is 21.2. The third kappa shape index (κ3) is 11.3. The Hall–Kier alpha value is -5.58. The molecule has 20 nitrogen and oxygen atoms in total. The zero-order valence-electron chi connectivity index (χ0n) is 42.0. The molecule has 8 fully saturated rings. The predicted octanol–water partition coefficient (Wildman–Crippen LogP) is 4.25. The van der Waals surface area contributed by atoms with E-state index in [1.807, 2.05) is 82.6 Å². The quantitative estimate of drug-likeness (QED) is 0.291. The van der Waals surface area contributed by atoms with Crippen molar-refractivity contribution in [2.45, 2.75) is 87.7 Å². The number of nitrogens with zero attached hydrogens (tertiary/aromatic N) is 7. The fraction of sp³-hybridized carbons (Fsp3) is 0.593. The highest BCUT2D eigenvalue weighted by molar-refractivity contribution is 5.92. The van der Waals surface area contributed by atoms with E-state index in [1.165, 1.54) is 4.68 Å². The highest BCUT2D eigenvalue weighted by Gasteiger charge is 2.54. The summed E-state index contributed by atoms with van der Waals surface area (Å²) >= 11 is 0. The summed E-state index contributed by atoms with van der Waals surface area (Å²) in [7, 11) is 0. The number of aromatic nitrogens is 3. The van der Waals surface area contributed by atoms with E-state index in [4.69, 9.17) is 42.6 Å². The van der Waals surface area contributed by atoms with Crippen LogP contribution >= 0.6 is 0 Å². The van der Waals surface area contributed by atoms with Crippen LogP contribution in [0.1, 0.15) is 68.2 Å². The first kappa shape index (κ1) is 50.6. The van der Waals surface area contributed by atoms with Gasteiger partial charge in [-0.3, -0.25) is 14.4 Å². The molecule has 8 aliphatic heterocycles. The Morgan fingerprint density at radius 3 is 1.22 bits per heavy atom. The second-order valence-corrected chi connectivity index (χ2v) is 21.4. The molecule has 11 rings (SSSR count). The molecule has 0 atom stereocenters. The molecule has 0 unspecified atom stereocenters. The number of likely N-dealkylation sites (tertiary alicyclic amines) is 4. The molecular formula is C54H67N7O13. The van der Waals surface area contributed by atoms with Crippen LogP contribution in [0.15, 0.2) is 79.0 Å². The number of carbonyl (C=O) groups excluding carboxylic acids is 4. The van der Waals surface area contributed by atoms with E-state index in [2.05, 4.69) is 10.3 Å². The molecule has 20 heteroatoms. The van der Waals surface area contributed by atoms with E-state index in [9.17, 15) is 19.2 Å². The summed E-state index contributed by atoms with van der Waals surface area (Å²) in [6.07, 6.45) is 12.5. The maximum Gasteiger partial charge on any atom is 0.410 e. The van der Waals surface area contributed by atoms with Gasteiger partial charge in [0.1, 0.15) is 18.8 Å². The molecule has 6 spiro atoms. The van der Waals surface area contributed by atoms with Gasteiger partial charge in [-0.2, -0.15) is 0 Å². The number of hydrogen-bond donors (Lipinski definition) is 0. The molecule has 74 heavy (non-hydrogen) atoms. The van der Waals surface area contributed by atoms with Crippen LogP contribution in [-0.4, -0.2) is 187 Å². The molecule has 0 saturated carbocycles. The molecule has 396 valence electrons. The Bertz CT molecular complexity index is 2480. The largest absolute Gasteiger partial charge is 0.443 e. The molecule has 9 heterocycles. The van der Waals surface area contributed by atoms with E-state index in [0.29, 0.717) is 162 Å². The Morgan fingerprint density at radius 1 is 0.486 bits per heavy atom. The number of ether oxygens (including phenoxy) is 9. The van der Waals surface area contributed by atoms with Gasteiger partial charge in [0.2, 0.25) is 17.7 Å². The van der Waals surface area contributed by atoms with Gasteiger partial charge in [-0.1, -0.05) is 65.9 Å². The highest BCUT2D eigenvalue weighted by atomic mass is 16.7. The lowest BCUT2D eigenvalue weighted by Crippen LogP contribution is -2.62. The van der Waals surface area contributed by atoms with Gasteiger partial charge < -0.3 is 62.2 Å². The molecule has 8 aliphatic rings. The van der Waals surface area contributed by atoms with Crippen LogP contribution < -0.4 is 0 Å². The van der Waals surface area contributed by atoms with Gasteiger partial charge in [0.25, 0.3) is 0 Å². The molecular weight excluding hydrogens is 955 g/mol. The Balaban J connectivity index is 0.551. The van der Waals surface area contributed by atoms with Crippen molar-refractivity contribution in [1.82, 2.24) is 34.6 Å². The van der Waals surface area contributed by atoms with Crippen LogP contribution in [0.3, 0.4) is 0 Å². The van der Waals surface area contributed by atoms with E-state index in [-0.39, 0.29) is 30.9 Å². The molecule has 2 aromatic carbocycles. The molecule has 0 bridgehead atoms. The van der Waals surface area contributed by atoms with Gasteiger partial charge in [0.15, 0.2) is 23.1 Å². The second-order valence-electron chi connectivity index (χ2n) is 21.4. The maximum atomic E-state index is 13.4. The summed E-state index contributed by atoms with van der Waals surface area (Å²) in [5.74, 6) is -3.14. The SMILES string of the molecule is O=C(/C=C/c1ccccc1)N1CCC2(CC1)OCC1(CO2)COC2(CCN(C(=O)Cn3cc(COC(=O)N4CCC5(CC4)OCC4(COC6(CCN(C(=O)/C=C/c7ccccc7)CC6)OC4)CO5)nn3)CC2)OC1. The molecule has 3 aromatic rings. The average molecular weight is 1020 g/mol. The van der Waals surface area contributed by atoms with Crippen molar-refractivity contribution in [2.24, 2.45) is 10.8 Å². The monoisotopic (exact) mass is 1020 g/mol. The lowest BCUT2D eigenvalue weighted by molar-refractivity contribution is -0.377. The average Bonchev–Trinajstić information content (AvgIpc) is 3.90. The minimum atomic E-state index is -0.796. The molecule has 0 aliphatic carbocycles. The summed E-state index contributed by atoms with van der Waals surface area (Å²) in [5.41, 5.74) is 1.55. The predicted molar refractivity (Wildman–Crippen MR) is 263 cm³/mol. The van der Waals surface area contributed by atoms with Crippen LogP contribution in [0.4, 0.5) is 4.79 Å². The first-order valence-electron chi connectivity index (χ1n) is 26.2. The normalized spacial score (nSPS) is 24.9. The summed E-state index contributed by atoms with van der Waals surface area (Å²) in [5, 5.41) is 8.28. The van der Waals surface area contributed by atoms with Crippen molar-refractivity contribution in [3.05, 3.63) is 95.8 Å². The van der Waals surface area contributed by atoms with Crippen LogP contribution in [-0.2, 0) is 70.2 Å². The summed E-state index contributed by atoms with van der Waals surface area (Å²) in [6, 6.07) is 19.5. The fourth-order valence-corrected chi connectivity index (χ4v) is 11.0. The van der Waals surface area contributed by atoms with E-state index in [0.717, 1.165) is 11.1 Å². The minimum absolute atomic E-state index is 0.00501. The van der Waals surface area contributed by atoms with Gasteiger partial charge in [0, 0.05) is 116 Å². The molecule has 8 saturated heterocycles. The maximum absolute atomic E-state index is 13.4. The van der Waals surface area contributed by atoms with Crippen molar-refractivity contribution in [3.8, 4) is 0 Å². The summed E-state index contributed by atoms with van der Waals surface area (Å²) in [4.78, 5) is 59.3. The molecule has 0 radical (unpaired) electrons. The summed E-state index contributed by atoms with van der Waals surface area (Å²) in [6.45, 7) is 7.28. The lowest BCUT2D eigenvalue weighted by Gasteiger charge is -2.53. The number of piperidine rings is 4. The fourth-order valence-electron chi connectivity index (χ4n) is 11.0. The zero-order valence-corrected chi connectivity index (χ0v) is 42.0. The van der Waals surface area contributed by atoms with Crippen LogP contribution in [0.5, 0.6) is 0 Å². The number of amides is 4. The number of benzene rings is 2. The minimum Gasteiger partial charge on any atom is -0.443 e. The molecule has 0 N–H and O–H groups in total. The van der Waals surface area contributed by atoms with Crippen LogP contribution in [0.2, 0.25) is 0 Å². The van der Waals surface area contributed by atoms with Crippen LogP contribution in [0, 0.1) is 10.8 Å². The van der Waals surface area contributed by atoms with Gasteiger partial charge in [-0.05, 0) is 23.3 Å². The number of rotatable bonds is 8. The van der Waals surface area contributed by atoms with Crippen molar-refractivity contribution in [1.29, 1.82) is 0 Å². The smallest absolute Gasteiger partial charge is 0.410 e. The van der Waals surface area contributed by atoms with Crippen LogP contribution in [0.25, 0.3) is 12.2 Å². The molecule has 1 aromatic heterocycles. The van der Waals surface area contributed by atoms with E-state index < -0.39 is 40.1 Å². The van der Waals surface area contributed by atoms with E-state index >= 15 is 0 Å². The third-order valence-corrected chi connectivity index (χ3v) is 16.1. The Labute approximate surface area is 430 Å². The van der Waals surface area contributed by atoms with Gasteiger partial charge in [-0.15, -0.1) is 5.10 Å². The van der Waals surface area contributed by atoms with Crippen molar-refractivity contribution in [3.63, 3.8) is 0 Å². The number of hydrogen-bond acceptors (Lipinski definition) is 15. The first-order chi connectivity index (χ1) is 35.9. The van der Waals surface area contributed by atoms with Crippen molar-refractivity contribution < 1.29 is 61.8 Å². The Kier molecular flexibility index (Phi) is 14.5. The first-order valence-corrected chi connectivity index (χ1v) is 26.2. The van der Waals surface area contributed by atoms with E-state index in [1.54, 1.807) is 28.1 Å². The van der Waals surface area contributed by atoms with Crippen molar-refractivity contribution >= 4 is 36.0 Å². The topological polar surface area (TPSA) is 195 Å². The number of carbonyl (C=O) groups is 4. The van der Waals surface area contributed by atoms with Gasteiger partial charge >= 0.3 is 6.09 Å². The van der Waals surface area contributed by atoms with Gasteiger partial charge in [0.05, 0.1) is 69.9 Å². The van der Waals surface area contributed by atoms with Crippen molar-refractivity contribution in [2.75, 3.05) is 105 Å². The lowest BCUT2D eigenvalue weighted by atomic mass is 9.87. The summed E-state index contributed by atoms with van der Waals surface area (Å²) < 4.78 is 58.4. The third-order valence-electron chi connectivity index (χ3n) is 16.1. The van der Waals surface area contributed by atoms with Gasteiger partial charge in [-0.25, -0.2) is 9.48 Å².